The van der Waals surface area contributed by atoms with E-state index >= 15 is 0 Å². The van der Waals surface area contributed by atoms with Crippen molar-refractivity contribution in [2.45, 2.75) is 34.1 Å². The predicted octanol–water partition coefficient (Wildman–Crippen LogP) is 8.68. The zero-order valence-corrected chi connectivity index (χ0v) is 21.3. The Morgan fingerprint density at radius 1 is 0.486 bits per heavy atom. The summed E-state index contributed by atoms with van der Waals surface area (Å²) in [6.45, 7) is 10.1. The summed E-state index contributed by atoms with van der Waals surface area (Å²) in [6, 6.07) is 34.4. The van der Waals surface area contributed by atoms with Gasteiger partial charge in [0.05, 0.1) is 13.2 Å². The van der Waals surface area contributed by atoms with Crippen molar-refractivity contribution in [2.24, 2.45) is 11.8 Å². The Bertz CT molecular complexity index is 1110. The summed E-state index contributed by atoms with van der Waals surface area (Å²) in [5.41, 5.74) is 7.39. The van der Waals surface area contributed by atoms with Crippen LogP contribution in [0.2, 0.25) is 0 Å². The van der Waals surface area contributed by atoms with Gasteiger partial charge in [-0.05, 0) is 75.9 Å². The molecule has 4 rings (SSSR count). The average molecular weight is 465 g/mol. The van der Waals surface area contributed by atoms with Gasteiger partial charge in [-0.2, -0.15) is 0 Å². The maximum atomic E-state index is 5.89. The van der Waals surface area contributed by atoms with Crippen LogP contribution in [-0.4, -0.2) is 13.2 Å². The first-order chi connectivity index (χ1) is 17.0. The highest BCUT2D eigenvalue weighted by Gasteiger charge is 2.05. The molecule has 180 valence electrons. The van der Waals surface area contributed by atoms with Gasteiger partial charge < -0.3 is 9.47 Å². The molecule has 4 aromatic carbocycles. The van der Waals surface area contributed by atoms with Crippen LogP contribution in [0, 0.1) is 11.8 Å². The topological polar surface area (TPSA) is 18.5 Å². The van der Waals surface area contributed by atoms with E-state index in [-0.39, 0.29) is 0 Å². The van der Waals surface area contributed by atoms with Gasteiger partial charge in [-0.3, -0.25) is 0 Å². The highest BCUT2D eigenvalue weighted by atomic mass is 16.5. The van der Waals surface area contributed by atoms with Crippen molar-refractivity contribution >= 4 is 0 Å². The molecule has 0 amide bonds. The van der Waals surface area contributed by atoms with E-state index in [9.17, 15) is 0 Å². The molecule has 0 aliphatic heterocycles. The first kappa shape index (κ1) is 24.6. The molecule has 0 unspecified atom stereocenters. The summed E-state index contributed by atoms with van der Waals surface area (Å²) >= 11 is 0. The Hall–Kier alpha value is -3.52. The van der Waals surface area contributed by atoms with Crippen LogP contribution in [-0.2, 0) is 6.42 Å². The zero-order valence-electron chi connectivity index (χ0n) is 21.3. The van der Waals surface area contributed by atoms with Gasteiger partial charge in [0.15, 0.2) is 0 Å². The third-order valence-electron chi connectivity index (χ3n) is 5.82. The monoisotopic (exact) mass is 464 g/mol. The van der Waals surface area contributed by atoms with Crippen molar-refractivity contribution in [2.75, 3.05) is 13.2 Å². The summed E-state index contributed by atoms with van der Waals surface area (Å²) in [5.74, 6) is 2.89. The van der Waals surface area contributed by atoms with Crippen molar-refractivity contribution in [1.82, 2.24) is 0 Å². The van der Waals surface area contributed by atoms with E-state index in [4.69, 9.17) is 9.47 Å². The minimum atomic E-state index is 0.515. The number of hydrogen-bond donors (Lipinski definition) is 0. The van der Waals surface area contributed by atoms with E-state index in [2.05, 4.69) is 113 Å². The van der Waals surface area contributed by atoms with E-state index in [1.165, 1.54) is 33.4 Å². The van der Waals surface area contributed by atoms with Crippen LogP contribution < -0.4 is 9.47 Å². The molecule has 0 heterocycles. The van der Waals surface area contributed by atoms with Gasteiger partial charge in [-0.25, -0.2) is 0 Å². The fraction of sp³-hybridized carbons (Fsp3) is 0.273. The summed E-state index contributed by atoms with van der Waals surface area (Å²) in [5, 5.41) is 0. The van der Waals surface area contributed by atoms with Crippen LogP contribution in [0.5, 0.6) is 11.5 Å². The number of rotatable bonds is 10. The minimum Gasteiger partial charge on any atom is -0.493 e. The molecule has 0 fully saturated rings. The molecule has 4 aromatic rings. The Labute approximate surface area is 210 Å². The highest BCUT2D eigenvalue weighted by molar-refractivity contribution is 5.66. The van der Waals surface area contributed by atoms with Gasteiger partial charge >= 0.3 is 0 Å². The van der Waals surface area contributed by atoms with Crippen LogP contribution in [0.25, 0.3) is 22.3 Å². The van der Waals surface area contributed by atoms with Crippen molar-refractivity contribution in [1.29, 1.82) is 0 Å². The number of hydrogen-bond acceptors (Lipinski definition) is 2. The van der Waals surface area contributed by atoms with Gasteiger partial charge in [0.25, 0.3) is 0 Å². The molecule has 0 aliphatic carbocycles. The second-order valence-electron chi connectivity index (χ2n) is 10.0. The summed E-state index contributed by atoms with van der Waals surface area (Å²) in [7, 11) is 0. The van der Waals surface area contributed by atoms with Gasteiger partial charge in [0.1, 0.15) is 11.5 Å². The van der Waals surface area contributed by atoms with Crippen molar-refractivity contribution in [3.8, 4) is 33.8 Å². The molecule has 0 aliphatic rings. The van der Waals surface area contributed by atoms with Crippen LogP contribution >= 0.6 is 0 Å². The first-order valence-corrected chi connectivity index (χ1v) is 12.6. The zero-order chi connectivity index (χ0) is 24.6. The third-order valence-corrected chi connectivity index (χ3v) is 5.82. The quantitative estimate of drug-likeness (QED) is 0.234. The van der Waals surface area contributed by atoms with E-state index in [1.54, 1.807) is 0 Å². The van der Waals surface area contributed by atoms with Crippen LogP contribution in [0.4, 0.5) is 0 Å². The Morgan fingerprint density at radius 2 is 0.886 bits per heavy atom. The molecule has 0 atom stereocenters. The lowest BCUT2D eigenvalue weighted by molar-refractivity contribution is 0.271. The normalized spacial score (nSPS) is 11.1. The third kappa shape index (κ3) is 7.23. The molecule has 0 radical (unpaired) electrons. The number of ether oxygens (including phenoxy) is 2. The lowest BCUT2D eigenvalue weighted by Crippen LogP contribution is -2.04. The van der Waals surface area contributed by atoms with Gasteiger partial charge in [0, 0.05) is 0 Å². The second kappa shape index (κ2) is 11.8. The standard InChI is InChI=1S/C33H36O2/c1-24(2)22-34-32-9-5-7-30(20-32)28-15-11-26(12-16-28)19-27-13-17-29(18-14-27)31-8-6-10-33(21-31)35-23-25(3)4/h5-18,20-21,24-25H,19,22-23H2,1-4H3. The van der Waals surface area contributed by atoms with E-state index in [0.717, 1.165) is 31.1 Å². The molecular weight excluding hydrogens is 428 g/mol. The van der Waals surface area contributed by atoms with E-state index < -0.39 is 0 Å². The maximum absolute atomic E-state index is 5.89. The maximum Gasteiger partial charge on any atom is 0.119 e. The molecule has 2 nitrogen and oxygen atoms in total. The largest absolute Gasteiger partial charge is 0.493 e. The fourth-order valence-electron chi connectivity index (χ4n) is 3.92. The van der Waals surface area contributed by atoms with E-state index in [1.807, 2.05) is 12.1 Å². The highest BCUT2D eigenvalue weighted by Crippen LogP contribution is 2.27. The van der Waals surface area contributed by atoms with Crippen molar-refractivity contribution < 1.29 is 9.47 Å². The van der Waals surface area contributed by atoms with Crippen LogP contribution in [0.3, 0.4) is 0 Å². The molecule has 0 bridgehead atoms. The molecule has 0 aromatic heterocycles. The SMILES string of the molecule is CC(C)COc1cccc(-c2ccc(Cc3ccc(-c4cccc(OCC(C)C)c4)cc3)cc2)c1. The van der Waals surface area contributed by atoms with Crippen LogP contribution in [0.15, 0.2) is 97.1 Å². The minimum absolute atomic E-state index is 0.515. The molecule has 35 heavy (non-hydrogen) atoms. The predicted molar refractivity (Wildman–Crippen MR) is 147 cm³/mol. The lowest BCUT2D eigenvalue weighted by atomic mass is 9.98. The second-order valence-corrected chi connectivity index (χ2v) is 10.0. The van der Waals surface area contributed by atoms with E-state index in [0.29, 0.717) is 11.8 Å². The average Bonchev–Trinajstić information content (AvgIpc) is 2.87. The molecule has 0 N–H and O–H groups in total. The Balaban J connectivity index is 1.40. The molecule has 2 heteroatoms. The lowest BCUT2D eigenvalue weighted by Gasteiger charge is -2.11. The summed E-state index contributed by atoms with van der Waals surface area (Å²) in [4.78, 5) is 0. The molecule has 0 spiro atoms. The number of benzene rings is 4. The van der Waals surface area contributed by atoms with Gasteiger partial charge in [0.2, 0.25) is 0 Å². The van der Waals surface area contributed by atoms with Crippen LogP contribution in [0.1, 0.15) is 38.8 Å². The smallest absolute Gasteiger partial charge is 0.119 e. The summed E-state index contributed by atoms with van der Waals surface area (Å²) in [6.07, 6.45) is 0.912. The molecule has 0 saturated carbocycles. The van der Waals surface area contributed by atoms with Gasteiger partial charge in [-0.1, -0.05) is 100 Å². The van der Waals surface area contributed by atoms with Gasteiger partial charge in [-0.15, -0.1) is 0 Å². The summed E-state index contributed by atoms with van der Waals surface area (Å²) < 4.78 is 11.8. The van der Waals surface area contributed by atoms with Crippen molar-refractivity contribution in [3.63, 3.8) is 0 Å². The van der Waals surface area contributed by atoms with Crippen molar-refractivity contribution in [3.05, 3.63) is 108 Å². The fourth-order valence-corrected chi connectivity index (χ4v) is 3.92. The molecule has 0 saturated heterocycles. The molecular formula is C33H36O2. The first-order valence-electron chi connectivity index (χ1n) is 12.6. The Morgan fingerprint density at radius 3 is 1.26 bits per heavy atom. The Kier molecular flexibility index (Phi) is 8.26.